The van der Waals surface area contributed by atoms with Crippen LogP contribution >= 0.6 is 0 Å². The van der Waals surface area contributed by atoms with Crippen molar-refractivity contribution in [2.75, 3.05) is 7.11 Å². The minimum atomic E-state index is -0.633. The van der Waals surface area contributed by atoms with Crippen molar-refractivity contribution in [2.24, 2.45) is 0 Å². The van der Waals surface area contributed by atoms with Gasteiger partial charge < -0.3 is 9.47 Å². The molecule has 0 aromatic heterocycles. The molecule has 0 amide bonds. The van der Waals surface area contributed by atoms with E-state index in [1.807, 2.05) is 31.2 Å². The summed E-state index contributed by atoms with van der Waals surface area (Å²) in [6.07, 6.45) is 2.11. The Balaban J connectivity index is 2.33. The van der Waals surface area contributed by atoms with Crippen molar-refractivity contribution < 1.29 is 14.3 Å². The lowest BCUT2D eigenvalue weighted by Gasteiger charge is -2.34. The van der Waals surface area contributed by atoms with Crippen LogP contribution in [0.1, 0.15) is 31.7 Å². The van der Waals surface area contributed by atoms with Gasteiger partial charge in [-0.25, -0.2) is 0 Å². The molecule has 0 aliphatic carbocycles. The summed E-state index contributed by atoms with van der Waals surface area (Å²) >= 11 is 0. The van der Waals surface area contributed by atoms with E-state index in [-0.39, 0.29) is 5.97 Å². The van der Waals surface area contributed by atoms with Crippen LogP contribution in [0.15, 0.2) is 36.6 Å². The van der Waals surface area contributed by atoms with E-state index in [0.29, 0.717) is 6.42 Å². The van der Waals surface area contributed by atoms with Gasteiger partial charge >= 0.3 is 5.97 Å². The first kappa shape index (κ1) is 13.4. The van der Waals surface area contributed by atoms with Crippen molar-refractivity contribution in [3.63, 3.8) is 0 Å². The zero-order chi connectivity index (χ0) is 13.9. The number of carbonyl (C=O) groups is 1. The highest BCUT2D eigenvalue weighted by Crippen LogP contribution is 2.37. The van der Waals surface area contributed by atoms with Crippen LogP contribution in [0.3, 0.4) is 0 Å². The summed E-state index contributed by atoms with van der Waals surface area (Å²) in [7, 11) is 1.63. The molecule has 3 nitrogen and oxygen atoms in total. The first-order valence-corrected chi connectivity index (χ1v) is 6.36. The van der Waals surface area contributed by atoms with E-state index in [9.17, 15) is 4.79 Å². The molecule has 1 aliphatic heterocycles. The van der Waals surface area contributed by atoms with Gasteiger partial charge in [0.2, 0.25) is 0 Å². The Bertz CT molecular complexity index is 523. The third kappa shape index (κ3) is 2.72. The van der Waals surface area contributed by atoms with Gasteiger partial charge in [0, 0.05) is 12.0 Å². The van der Waals surface area contributed by atoms with Gasteiger partial charge in [-0.15, -0.1) is 5.73 Å². The molecule has 1 aromatic carbocycles. The van der Waals surface area contributed by atoms with Crippen LogP contribution in [-0.2, 0) is 9.53 Å². The molecule has 1 saturated heterocycles. The summed E-state index contributed by atoms with van der Waals surface area (Å²) in [5.41, 5.74) is 4.08. The van der Waals surface area contributed by atoms with E-state index in [1.165, 1.54) is 0 Å². The molecular weight excluding hydrogens is 240 g/mol. The molecule has 100 valence electrons. The lowest BCUT2D eigenvalue weighted by Crippen LogP contribution is -2.36. The molecule has 1 atom stereocenters. The fourth-order valence-corrected chi connectivity index (χ4v) is 2.45. The highest BCUT2D eigenvalue weighted by molar-refractivity contribution is 5.78. The highest BCUT2D eigenvalue weighted by Gasteiger charge is 2.37. The monoisotopic (exact) mass is 258 g/mol. The second kappa shape index (κ2) is 5.33. The number of hydrogen-bond acceptors (Lipinski definition) is 3. The van der Waals surface area contributed by atoms with Gasteiger partial charge in [-0.2, -0.15) is 0 Å². The number of ether oxygens (including phenoxy) is 2. The Morgan fingerprint density at radius 2 is 2.11 bits per heavy atom. The Hall–Kier alpha value is -1.99. The predicted octanol–water partition coefficient (Wildman–Crippen LogP) is 3.35. The van der Waals surface area contributed by atoms with Crippen molar-refractivity contribution in [3.05, 3.63) is 42.1 Å². The van der Waals surface area contributed by atoms with E-state index in [4.69, 9.17) is 9.47 Å². The van der Waals surface area contributed by atoms with Crippen LogP contribution in [-0.4, -0.2) is 18.7 Å². The third-order valence-corrected chi connectivity index (χ3v) is 3.46. The van der Waals surface area contributed by atoms with E-state index in [1.54, 1.807) is 7.11 Å². The molecule has 1 aromatic rings. The first-order valence-electron chi connectivity index (χ1n) is 6.36. The number of rotatable bonds is 3. The van der Waals surface area contributed by atoms with Crippen LogP contribution in [0.5, 0.6) is 5.75 Å². The fourth-order valence-electron chi connectivity index (χ4n) is 2.45. The van der Waals surface area contributed by atoms with Gasteiger partial charge in [-0.3, -0.25) is 4.79 Å². The molecule has 3 heteroatoms. The number of hydrogen-bond donors (Lipinski definition) is 0. The van der Waals surface area contributed by atoms with Crippen LogP contribution in [0, 0.1) is 0 Å². The summed E-state index contributed by atoms with van der Waals surface area (Å²) in [5, 5.41) is 0. The van der Waals surface area contributed by atoms with Gasteiger partial charge in [0.1, 0.15) is 11.4 Å². The quantitative estimate of drug-likeness (QED) is 0.616. The number of methoxy groups -OCH3 is 1. The molecule has 1 aliphatic rings. The number of esters is 1. The van der Waals surface area contributed by atoms with Crippen molar-refractivity contribution >= 4 is 11.5 Å². The van der Waals surface area contributed by atoms with E-state index >= 15 is 0 Å². The number of carbonyl (C=O) groups excluding carboxylic acids is 1. The molecular formula is C16H18O3. The summed E-state index contributed by atoms with van der Waals surface area (Å²) in [6.45, 7) is 5.66. The van der Waals surface area contributed by atoms with E-state index < -0.39 is 5.60 Å². The lowest BCUT2D eigenvalue weighted by molar-refractivity contribution is -0.158. The second-order valence-electron chi connectivity index (χ2n) is 4.84. The molecule has 0 bridgehead atoms. The summed E-state index contributed by atoms with van der Waals surface area (Å²) in [6, 6.07) is 7.61. The number of cyclic esters (lactones) is 1. The molecule has 0 spiro atoms. The third-order valence-electron chi connectivity index (χ3n) is 3.46. The fraction of sp³-hybridized carbons (Fsp3) is 0.375. The van der Waals surface area contributed by atoms with Gasteiger partial charge in [0.15, 0.2) is 0 Å². The Morgan fingerprint density at radius 1 is 1.42 bits per heavy atom. The Kier molecular flexibility index (Phi) is 3.77. The highest BCUT2D eigenvalue weighted by atomic mass is 16.6. The maximum atomic E-state index is 11.5. The zero-order valence-corrected chi connectivity index (χ0v) is 11.4. The normalized spacial score (nSPS) is 22.3. The Morgan fingerprint density at radius 3 is 2.63 bits per heavy atom. The minimum Gasteiger partial charge on any atom is -0.497 e. The Labute approximate surface area is 113 Å². The van der Waals surface area contributed by atoms with E-state index in [0.717, 1.165) is 29.7 Å². The van der Waals surface area contributed by atoms with Crippen molar-refractivity contribution in [1.82, 2.24) is 0 Å². The summed E-state index contributed by atoms with van der Waals surface area (Å²) in [4.78, 5) is 11.5. The SMILES string of the molecule is C=C=C(c1ccc(OC)cc1)C1(C)CCCC(=O)O1. The van der Waals surface area contributed by atoms with E-state index in [2.05, 4.69) is 12.3 Å². The van der Waals surface area contributed by atoms with Crippen molar-refractivity contribution in [3.8, 4) is 5.75 Å². The molecule has 1 fully saturated rings. The van der Waals surface area contributed by atoms with Crippen LogP contribution in [0.4, 0.5) is 0 Å². The van der Waals surface area contributed by atoms with Crippen LogP contribution < -0.4 is 4.74 Å². The molecule has 1 heterocycles. The van der Waals surface area contributed by atoms with Gasteiger partial charge in [0.25, 0.3) is 0 Å². The standard InChI is InChI=1S/C16H18O3/c1-4-14(12-7-9-13(18-3)10-8-12)16(2)11-5-6-15(17)19-16/h7-10H,1,5-6,11H2,2-3H3. The maximum absolute atomic E-state index is 11.5. The predicted molar refractivity (Wildman–Crippen MR) is 73.9 cm³/mol. The molecule has 19 heavy (non-hydrogen) atoms. The molecule has 0 saturated carbocycles. The first-order chi connectivity index (χ1) is 9.09. The second-order valence-corrected chi connectivity index (χ2v) is 4.84. The minimum absolute atomic E-state index is 0.157. The topological polar surface area (TPSA) is 35.5 Å². The van der Waals surface area contributed by atoms with Gasteiger partial charge in [-0.05, 0) is 37.5 Å². The number of benzene rings is 1. The average molecular weight is 258 g/mol. The van der Waals surface area contributed by atoms with Crippen LogP contribution in [0.2, 0.25) is 0 Å². The molecule has 2 rings (SSSR count). The average Bonchev–Trinajstić information content (AvgIpc) is 2.39. The van der Waals surface area contributed by atoms with Gasteiger partial charge in [0.05, 0.1) is 7.11 Å². The maximum Gasteiger partial charge on any atom is 0.306 e. The van der Waals surface area contributed by atoms with Gasteiger partial charge in [-0.1, -0.05) is 18.7 Å². The molecule has 0 N–H and O–H groups in total. The summed E-state index contributed by atoms with van der Waals surface area (Å²) in [5.74, 6) is 0.632. The van der Waals surface area contributed by atoms with Crippen LogP contribution in [0.25, 0.3) is 5.57 Å². The smallest absolute Gasteiger partial charge is 0.306 e. The molecule has 0 radical (unpaired) electrons. The van der Waals surface area contributed by atoms with Crippen molar-refractivity contribution in [2.45, 2.75) is 31.8 Å². The van der Waals surface area contributed by atoms with Crippen molar-refractivity contribution in [1.29, 1.82) is 0 Å². The summed E-state index contributed by atoms with van der Waals surface area (Å²) < 4.78 is 10.7. The lowest BCUT2D eigenvalue weighted by atomic mass is 9.84. The zero-order valence-electron chi connectivity index (χ0n) is 11.4. The molecule has 1 unspecified atom stereocenters. The largest absolute Gasteiger partial charge is 0.497 e.